The van der Waals surface area contributed by atoms with Gasteiger partial charge >= 0.3 is 0 Å². The molecule has 2 aromatic rings. The van der Waals surface area contributed by atoms with Crippen molar-refractivity contribution < 1.29 is 5.11 Å². The predicted molar refractivity (Wildman–Crippen MR) is 91.6 cm³/mol. The molecule has 116 valence electrons. The van der Waals surface area contributed by atoms with Crippen molar-refractivity contribution in [3.05, 3.63) is 29.3 Å². The molecule has 3 heterocycles. The maximum atomic E-state index is 9.90. The molecule has 6 nitrogen and oxygen atoms in total. The minimum Gasteiger partial charge on any atom is -0.405 e. The molecule has 1 aliphatic heterocycles. The van der Waals surface area contributed by atoms with Crippen LogP contribution >= 0.6 is 11.3 Å². The van der Waals surface area contributed by atoms with Crippen molar-refractivity contribution in [1.29, 1.82) is 5.41 Å². The monoisotopic (exact) mass is 317 g/mol. The van der Waals surface area contributed by atoms with Gasteiger partial charge in [0.15, 0.2) is 0 Å². The zero-order valence-electron chi connectivity index (χ0n) is 12.1. The van der Waals surface area contributed by atoms with Gasteiger partial charge in [-0.2, -0.15) is 0 Å². The zero-order chi connectivity index (χ0) is 15.7. The Morgan fingerprint density at radius 1 is 1.50 bits per heavy atom. The normalized spacial score (nSPS) is 19.1. The van der Waals surface area contributed by atoms with Crippen LogP contribution < -0.4 is 16.4 Å². The first-order chi connectivity index (χ1) is 10.6. The van der Waals surface area contributed by atoms with E-state index in [2.05, 4.69) is 9.88 Å². The predicted octanol–water partition coefficient (Wildman–Crippen LogP) is 1.68. The van der Waals surface area contributed by atoms with Crippen LogP contribution in [0.3, 0.4) is 0 Å². The van der Waals surface area contributed by atoms with Crippen LogP contribution in [0.25, 0.3) is 10.2 Å². The van der Waals surface area contributed by atoms with E-state index in [1.807, 2.05) is 12.1 Å². The standard InChI is InChI=1S/C15H19N5OS/c16-4-3-10(17)13-6-11-15(22-13)12(7-14(18)19-11)20-5-1-2-9(21)8-20/h3-4,6-7,9,17,21H,1-2,5,8,16H2,(H2,18,19). The molecule has 2 aromatic heterocycles. The summed E-state index contributed by atoms with van der Waals surface area (Å²) in [6.45, 7) is 1.49. The fourth-order valence-corrected chi connectivity index (χ4v) is 3.81. The maximum Gasteiger partial charge on any atom is 0.126 e. The van der Waals surface area contributed by atoms with Crippen molar-refractivity contribution in [1.82, 2.24) is 4.98 Å². The lowest BCUT2D eigenvalue weighted by Crippen LogP contribution is -2.38. The lowest BCUT2D eigenvalue weighted by Gasteiger charge is -2.32. The number of allylic oxidation sites excluding steroid dienone is 1. The molecular formula is C15H19N5OS. The molecule has 1 unspecified atom stereocenters. The number of aromatic nitrogens is 1. The first-order valence-electron chi connectivity index (χ1n) is 7.18. The van der Waals surface area contributed by atoms with Crippen molar-refractivity contribution in [2.75, 3.05) is 23.7 Å². The van der Waals surface area contributed by atoms with E-state index >= 15 is 0 Å². The number of fused-ring (bicyclic) bond motifs is 1. The van der Waals surface area contributed by atoms with Crippen LogP contribution in [0.2, 0.25) is 0 Å². The molecule has 0 bridgehead atoms. The quantitative estimate of drug-likeness (QED) is 0.643. The first-order valence-corrected chi connectivity index (χ1v) is 8.00. The number of nitrogen functional groups attached to an aromatic ring is 1. The molecule has 3 rings (SSSR count). The molecule has 1 aliphatic rings. The van der Waals surface area contributed by atoms with E-state index in [0.717, 1.165) is 40.2 Å². The van der Waals surface area contributed by atoms with E-state index in [1.165, 1.54) is 17.5 Å². The molecular weight excluding hydrogens is 298 g/mol. The summed E-state index contributed by atoms with van der Waals surface area (Å²) in [6, 6.07) is 3.71. The van der Waals surface area contributed by atoms with E-state index in [0.29, 0.717) is 18.1 Å². The number of nitrogens with one attached hydrogen (secondary N) is 1. The van der Waals surface area contributed by atoms with Crippen LogP contribution in [0.5, 0.6) is 0 Å². The van der Waals surface area contributed by atoms with Crippen LogP contribution in [0.15, 0.2) is 24.4 Å². The topological polar surface area (TPSA) is 112 Å². The molecule has 0 saturated carbocycles. The molecule has 0 spiro atoms. The van der Waals surface area contributed by atoms with Gasteiger partial charge in [-0.25, -0.2) is 4.98 Å². The van der Waals surface area contributed by atoms with E-state index in [9.17, 15) is 5.11 Å². The van der Waals surface area contributed by atoms with Crippen LogP contribution in [-0.4, -0.2) is 35.0 Å². The highest BCUT2D eigenvalue weighted by molar-refractivity contribution is 7.21. The lowest BCUT2D eigenvalue weighted by molar-refractivity contribution is 0.154. The largest absolute Gasteiger partial charge is 0.405 e. The third kappa shape index (κ3) is 2.77. The number of hydrogen-bond acceptors (Lipinski definition) is 7. The van der Waals surface area contributed by atoms with E-state index in [4.69, 9.17) is 16.9 Å². The Labute approximate surface area is 132 Å². The van der Waals surface area contributed by atoms with Crippen LogP contribution in [0.1, 0.15) is 17.7 Å². The summed E-state index contributed by atoms with van der Waals surface area (Å²) in [5, 5.41) is 17.9. The van der Waals surface area contributed by atoms with Crippen molar-refractivity contribution in [3.63, 3.8) is 0 Å². The zero-order valence-corrected chi connectivity index (χ0v) is 12.9. The molecule has 1 fully saturated rings. The number of nitrogens with zero attached hydrogens (tertiary/aromatic N) is 2. The number of aliphatic hydroxyl groups is 1. The Kier molecular flexibility index (Phi) is 4.00. The summed E-state index contributed by atoms with van der Waals surface area (Å²) < 4.78 is 0.994. The Hall–Kier alpha value is -2.12. The number of β-amino-alcohol motifs (C(OH)–C–C–N with tert-alkyl or cyclic N) is 1. The maximum absolute atomic E-state index is 9.90. The Morgan fingerprint density at radius 2 is 2.32 bits per heavy atom. The van der Waals surface area contributed by atoms with Crippen LogP contribution in [0, 0.1) is 5.41 Å². The van der Waals surface area contributed by atoms with Gasteiger partial charge in [0, 0.05) is 19.2 Å². The van der Waals surface area contributed by atoms with Gasteiger partial charge in [0.2, 0.25) is 0 Å². The van der Waals surface area contributed by atoms with E-state index < -0.39 is 0 Å². The third-order valence-electron chi connectivity index (χ3n) is 3.74. The molecule has 0 aliphatic carbocycles. The number of thiophene rings is 1. The van der Waals surface area contributed by atoms with E-state index in [-0.39, 0.29) is 6.10 Å². The summed E-state index contributed by atoms with van der Waals surface area (Å²) in [5.41, 5.74) is 13.4. The minimum absolute atomic E-state index is 0.309. The highest BCUT2D eigenvalue weighted by Gasteiger charge is 2.21. The molecule has 22 heavy (non-hydrogen) atoms. The van der Waals surface area contributed by atoms with Gasteiger partial charge in [-0.1, -0.05) is 0 Å². The van der Waals surface area contributed by atoms with Gasteiger partial charge < -0.3 is 21.5 Å². The SMILES string of the molecule is N=C(C=CN)c1cc2nc(N)cc(N3CCCC(O)C3)c2s1. The van der Waals surface area contributed by atoms with Crippen molar-refractivity contribution in [2.24, 2.45) is 5.73 Å². The van der Waals surface area contributed by atoms with Crippen molar-refractivity contribution in [3.8, 4) is 0 Å². The van der Waals surface area contributed by atoms with Crippen molar-refractivity contribution >= 4 is 38.8 Å². The van der Waals surface area contributed by atoms with Gasteiger partial charge in [-0.05, 0) is 31.2 Å². The number of pyridine rings is 1. The van der Waals surface area contributed by atoms with Crippen LogP contribution in [-0.2, 0) is 0 Å². The summed E-state index contributed by atoms with van der Waals surface area (Å²) >= 11 is 1.50. The number of nitrogens with two attached hydrogens (primary N) is 2. The summed E-state index contributed by atoms with van der Waals surface area (Å²) in [6.07, 6.45) is 4.39. The second kappa shape index (κ2) is 5.94. The van der Waals surface area contributed by atoms with Gasteiger partial charge in [-0.15, -0.1) is 11.3 Å². The molecule has 1 saturated heterocycles. The molecule has 0 aromatic carbocycles. The van der Waals surface area contributed by atoms with Gasteiger partial charge in [0.1, 0.15) is 5.82 Å². The summed E-state index contributed by atoms with van der Waals surface area (Å²) in [4.78, 5) is 7.31. The first kappa shape index (κ1) is 14.8. The molecule has 0 radical (unpaired) electrons. The number of rotatable bonds is 3. The van der Waals surface area contributed by atoms with Gasteiger partial charge in [-0.3, -0.25) is 5.41 Å². The Balaban J connectivity index is 2.07. The average molecular weight is 317 g/mol. The fraction of sp³-hybridized carbons (Fsp3) is 0.333. The highest BCUT2D eigenvalue weighted by atomic mass is 32.1. The smallest absolute Gasteiger partial charge is 0.126 e. The summed E-state index contributed by atoms with van der Waals surface area (Å²) in [7, 11) is 0. The summed E-state index contributed by atoms with van der Waals surface area (Å²) in [5.74, 6) is 0.452. The molecule has 6 N–H and O–H groups in total. The number of hydrogen-bond donors (Lipinski definition) is 4. The number of piperidine rings is 1. The number of aliphatic hydroxyl groups excluding tert-OH is 1. The lowest BCUT2D eigenvalue weighted by atomic mass is 10.1. The molecule has 7 heteroatoms. The van der Waals surface area contributed by atoms with E-state index in [1.54, 1.807) is 6.08 Å². The minimum atomic E-state index is -0.309. The highest BCUT2D eigenvalue weighted by Crippen LogP contribution is 2.36. The Bertz CT molecular complexity index is 739. The average Bonchev–Trinajstić information content (AvgIpc) is 2.90. The molecule has 1 atom stereocenters. The Morgan fingerprint density at radius 3 is 3.05 bits per heavy atom. The fourth-order valence-electron chi connectivity index (χ4n) is 2.74. The van der Waals surface area contributed by atoms with Crippen LogP contribution in [0.4, 0.5) is 11.5 Å². The van der Waals surface area contributed by atoms with Gasteiger partial charge in [0.25, 0.3) is 0 Å². The van der Waals surface area contributed by atoms with Gasteiger partial charge in [0.05, 0.1) is 32.6 Å². The number of anilines is 2. The second-order valence-corrected chi connectivity index (χ2v) is 6.46. The second-order valence-electron chi connectivity index (χ2n) is 5.41. The molecule has 0 amide bonds. The van der Waals surface area contributed by atoms with Crippen molar-refractivity contribution in [2.45, 2.75) is 18.9 Å². The third-order valence-corrected chi connectivity index (χ3v) is 4.92.